The maximum Gasteiger partial charge on any atom is 0.264 e. The molecule has 0 aromatic heterocycles. The summed E-state index contributed by atoms with van der Waals surface area (Å²) in [5, 5.41) is 3.71. The first kappa shape index (κ1) is 37.3. The molecule has 0 aliphatic carbocycles. The zero-order chi connectivity index (χ0) is 34.7. The SMILES string of the molecule is CCCCNC(=O)[C@H](Cc1ccccc1)N(Cc1ccc(Cl)cc1Cl)C(=O)CN(c1ccc(OCC)cc1)S(=O)(=O)c1ccc(Br)cc1. The molecule has 12 heteroatoms. The maximum atomic E-state index is 14.6. The van der Waals surface area contributed by atoms with Crippen LogP contribution in [0.25, 0.3) is 0 Å². The number of unbranched alkanes of at least 4 members (excludes halogenated alkanes) is 1. The van der Waals surface area contributed by atoms with E-state index in [-0.39, 0.29) is 29.5 Å². The molecule has 8 nitrogen and oxygen atoms in total. The molecule has 0 unspecified atom stereocenters. The number of rotatable bonds is 16. The van der Waals surface area contributed by atoms with E-state index in [1.165, 1.54) is 17.0 Å². The number of amides is 2. The summed E-state index contributed by atoms with van der Waals surface area (Å²) in [6, 6.07) is 26.0. The van der Waals surface area contributed by atoms with Gasteiger partial charge in [0.2, 0.25) is 11.8 Å². The summed E-state index contributed by atoms with van der Waals surface area (Å²) < 4.78 is 35.8. The Morgan fingerprint density at radius 1 is 0.917 bits per heavy atom. The predicted octanol–water partition coefficient (Wildman–Crippen LogP) is 7.91. The van der Waals surface area contributed by atoms with Crippen LogP contribution in [0.5, 0.6) is 5.75 Å². The van der Waals surface area contributed by atoms with Crippen molar-refractivity contribution in [2.45, 2.75) is 50.6 Å². The quantitative estimate of drug-likeness (QED) is 0.117. The highest BCUT2D eigenvalue weighted by Gasteiger charge is 2.35. The Morgan fingerprint density at radius 3 is 2.23 bits per heavy atom. The van der Waals surface area contributed by atoms with Crippen molar-refractivity contribution in [3.8, 4) is 5.75 Å². The third-order valence-corrected chi connectivity index (χ3v) is 10.5. The minimum atomic E-state index is -4.25. The van der Waals surface area contributed by atoms with Gasteiger partial charge in [0.1, 0.15) is 18.3 Å². The van der Waals surface area contributed by atoms with Crippen molar-refractivity contribution < 1.29 is 22.7 Å². The van der Waals surface area contributed by atoms with Gasteiger partial charge < -0.3 is 15.0 Å². The number of carbonyl (C=O) groups excluding carboxylic acids is 2. The standard InChI is InChI=1S/C36H38BrCl2N3O5S/c1-3-5-21-40-36(44)34(22-26-9-7-6-8-10-26)41(24-27-11-14-29(38)23-33(27)39)35(43)25-42(30-15-17-31(18-16-30)47-4-2)48(45,46)32-19-12-28(37)13-20-32/h6-20,23,34H,3-5,21-22,24-25H2,1-2H3,(H,40,44)/t34-/m0/s1. The van der Waals surface area contributed by atoms with Gasteiger partial charge in [0, 0.05) is 34.0 Å². The van der Waals surface area contributed by atoms with Crippen molar-refractivity contribution in [3.05, 3.63) is 123 Å². The highest BCUT2D eigenvalue weighted by Crippen LogP contribution is 2.29. The summed E-state index contributed by atoms with van der Waals surface area (Å²) in [5.41, 5.74) is 1.64. The van der Waals surface area contributed by atoms with E-state index in [1.807, 2.05) is 44.2 Å². The van der Waals surface area contributed by atoms with Crippen molar-refractivity contribution in [1.29, 1.82) is 0 Å². The van der Waals surface area contributed by atoms with Crippen molar-refractivity contribution in [1.82, 2.24) is 10.2 Å². The molecule has 4 rings (SSSR count). The van der Waals surface area contributed by atoms with Gasteiger partial charge in [-0.25, -0.2) is 8.42 Å². The fourth-order valence-electron chi connectivity index (χ4n) is 5.03. The first-order chi connectivity index (χ1) is 23.0. The molecule has 0 aliphatic heterocycles. The average molecular weight is 776 g/mol. The zero-order valence-corrected chi connectivity index (χ0v) is 30.7. The lowest BCUT2D eigenvalue weighted by Gasteiger charge is -2.34. The minimum absolute atomic E-state index is 0.00201. The molecule has 1 N–H and O–H groups in total. The fourth-order valence-corrected chi connectivity index (χ4v) is 7.18. The molecule has 48 heavy (non-hydrogen) atoms. The number of hydrogen-bond donors (Lipinski definition) is 1. The average Bonchev–Trinajstić information content (AvgIpc) is 3.07. The molecule has 0 bridgehead atoms. The molecule has 0 heterocycles. The van der Waals surface area contributed by atoms with Gasteiger partial charge in [-0.1, -0.05) is 88.9 Å². The monoisotopic (exact) mass is 773 g/mol. The van der Waals surface area contributed by atoms with Gasteiger partial charge in [0.25, 0.3) is 10.0 Å². The topological polar surface area (TPSA) is 96.0 Å². The highest BCUT2D eigenvalue weighted by molar-refractivity contribution is 9.10. The number of carbonyl (C=O) groups is 2. The summed E-state index contributed by atoms with van der Waals surface area (Å²) in [4.78, 5) is 29.9. The van der Waals surface area contributed by atoms with Crippen LogP contribution >= 0.6 is 39.1 Å². The van der Waals surface area contributed by atoms with Gasteiger partial charge in [-0.15, -0.1) is 0 Å². The van der Waals surface area contributed by atoms with E-state index in [0.29, 0.717) is 39.0 Å². The molecule has 4 aromatic rings. The fraction of sp³-hybridized carbons (Fsp3) is 0.278. The number of anilines is 1. The summed E-state index contributed by atoms with van der Waals surface area (Å²) in [6.07, 6.45) is 1.83. The molecule has 1 atom stereocenters. The van der Waals surface area contributed by atoms with Gasteiger partial charge in [-0.3, -0.25) is 13.9 Å². The van der Waals surface area contributed by atoms with E-state index in [9.17, 15) is 18.0 Å². The second kappa shape index (κ2) is 17.7. The Morgan fingerprint density at radius 2 is 1.60 bits per heavy atom. The van der Waals surface area contributed by atoms with Gasteiger partial charge in [0.05, 0.1) is 17.2 Å². The first-order valence-corrected chi connectivity index (χ1v) is 18.6. The van der Waals surface area contributed by atoms with Crippen LogP contribution in [0, 0.1) is 0 Å². The van der Waals surface area contributed by atoms with Crippen LogP contribution in [-0.2, 0) is 32.6 Å². The Balaban J connectivity index is 1.81. The summed E-state index contributed by atoms with van der Waals surface area (Å²) >= 11 is 16.1. The van der Waals surface area contributed by atoms with E-state index in [1.54, 1.807) is 54.6 Å². The van der Waals surface area contributed by atoms with Crippen LogP contribution in [0.1, 0.15) is 37.8 Å². The van der Waals surface area contributed by atoms with Crippen LogP contribution in [0.4, 0.5) is 5.69 Å². The second-order valence-electron chi connectivity index (χ2n) is 11.0. The number of nitrogens with one attached hydrogen (secondary N) is 1. The molecule has 254 valence electrons. The third kappa shape index (κ3) is 9.98. The van der Waals surface area contributed by atoms with Gasteiger partial charge in [-0.2, -0.15) is 0 Å². The first-order valence-electron chi connectivity index (χ1n) is 15.6. The smallest absolute Gasteiger partial charge is 0.264 e. The molecule has 0 aliphatic rings. The van der Waals surface area contributed by atoms with Crippen molar-refractivity contribution in [2.24, 2.45) is 0 Å². The Hall–Kier alpha value is -3.57. The van der Waals surface area contributed by atoms with Crippen LogP contribution < -0.4 is 14.4 Å². The highest BCUT2D eigenvalue weighted by atomic mass is 79.9. The number of hydrogen-bond acceptors (Lipinski definition) is 5. The summed E-state index contributed by atoms with van der Waals surface area (Å²) in [6.45, 7) is 4.08. The lowest BCUT2D eigenvalue weighted by Crippen LogP contribution is -2.53. The van der Waals surface area contributed by atoms with Gasteiger partial charge >= 0.3 is 0 Å². The van der Waals surface area contributed by atoms with E-state index in [0.717, 1.165) is 22.7 Å². The summed E-state index contributed by atoms with van der Waals surface area (Å²) in [5.74, 6) is -0.393. The minimum Gasteiger partial charge on any atom is -0.494 e. The molecule has 0 saturated heterocycles. The van der Waals surface area contributed by atoms with E-state index >= 15 is 0 Å². The molecule has 4 aromatic carbocycles. The number of sulfonamides is 1. The van der Waals surface area contributed by atoms with Gasteiger partial charge in [-0.05, 0) is 85.1 Å². The van der Waals surface area contributed by atoms with Crippen LogP contribution in [0.3, 0.4) is 0 Å². The van der Waals surface area contributed by atoms with Gasteiger partial charge in [0.15, 0.2) is 0 Å². The largest absolute Gasteiger partial charge is 0.494 e. The molecular formula is C36H38BrCl2N3O5S. The van der Waals surface area contributed by atoms with Crippen LogP contribution in [-0.4, -0.2) is 50.9 Å². The van der Waals surface area contributed by atoms with Crippen molar-refractivity contribution >= 4 is 66.7 Å². The molecule has 0 spiro atoms. The summed E-state index contributed by atoms with van der Waals surface area (Å²) in [7, 11) is -4.25. The zero-order valence-electron chi connectivity index (χ0n) is 26.7. The second-order valence-corrected chi connectivity index (χ2v) is 14.6. The number of nitrogens with zero attached hydrogens (tertiary/aromatic N) is 2. The Labute approximate surface area is 301 Å². The molecular weight excluding hydrogens is 737 g/mol. The van der Waals surface area contributed by atoms with Crippen LogP contribution in [0.15, 0.2) is 106 Å². The molecule has 0 fully saturated rings. The Kier molecular flexibility index (Phi) is 13.8. The number of halogens is 3. The van der Waals surface area contributed by atoms with Crippen LogP contribution in [0.2, 0.25) is 10.0 Å². The van der Waals surface area contributed by atoms with Crippen molar-refractivity contribution in [2.75, 3.05) is 24.0 Å². The Bertz CT molecular complexity index is 1780. The predicted molar refractivity (Wildman–Crippen MR) is 195 cm³/mol. The number of benzene rings is 4. The van der Waals surface area contributed by atoms with Crippen molar-refractivity contribution in [3.63, 3.8) is 0 Å². The normalized spacial score (nSPS) is 11.9. The van der Waals surface area contributed by atoms with E-state index in [2.05, 4.69) is 21.2 Å². The molecule has 0 saturated carbocycles. The molecule has 0 radical (unpaired) electrons. The molecule has 2 amide bonds. The number of ether oxygens (including phenoxy) is 1. The van der Waals surface area contributed by atoms with E-state index in [4.69, 9.17) is 27.9 Å². The maximum absolute atomic E-state index is 14.6. The third-order valence-electron chi connectivity index (χ3n) is 7.57. The van der Waals surface area contributed by atoms with E-state index < -0.39 is 28.5 Å². The lowest BCUT2D eigenvalue weighted by atomic mass is 10.0. The lowest BCUT2D eigenvalue weighted by molar-refractivity contribution is -0.140.